The fourth-order valence-electron chi connectivity index (χ4n) is 1.87. The van der Waals surface area contributed by atoms with Crippen molar-refractivity contribution in [2.75, 3.05) is 6.54 Å². The number of aromatic nitrogens is 2. The first-order valence-corrected chi connectivity index (χ1v) is 6.64. The Morgan fingerprint density at radius 2 is 1.89 bits per heavy atom. The van der Waals surface area contributed by atoms with Crippen molar-refractivity contribution in [1.29, 1.82) is 0 Å². The first-order valence-electron chi connectivity index (χ1n) is 6.64. The molecule has 0 fully saturated rings. The predicted octanol–water partition coefficient (Wildman–Crippen LogP) is 1.71. The maximum atomic E-state index is 11.7. The Hall–Kier alpha value is -1.36. The molecule has 0 bridgehead atoms. The molecule has 0 saturated heterocycles. The van der Waals surface area contributed by atoms with E-state index in [1.165, 1.54) is 0 Å². The van der Waals surface area contributed by atoms with Gasteiger partial charge in [0.2, 0.25) is 5.91 Å². The lowest BCUT2D eigenvalue weighted by atomic mass is 9.89. The van der Waals surface area contributed by atoms with Gasteiger partial charge in [-0.1, -0.05) is 20.8 Å². The highest BCUT2D eigenvalue weighted by molar-refractivity contribution is 5.78. The fourth-order valence-corrected chi connectivity index (χ4v) is 1.87. The Morgan fingerprint density at radius 3 is 2.42 bits per heavy atom. The summed E-state index contributed by atoms with van der Waals surface area (Å²) in [7, 11) is 0. The Labute approximate surface area is 115 Å². The number of hydrogen-bond donors (Lipinski definition) is 3. The molecule has 3 N–H and O–H groups in total. The lowest BCUT2D eigenvalue weighted by Crippen LogP contribution is -2.44. The topological polar surface area (TPSA) is 69.8 Å². The lowest BCUT2D eigenvalue weighted by Gasteiger charge is -2.21. The number of aromatic amines is 1. The predicted molar refractivity (Wildman–Crippen MR) is 76.9 cm³/mol. The summed E-state index contributed by atoms with van der Waals surface area (Å²) in [6.07, 6.45) is 1.81. The maximum absolute atomic E-state index is 11.7. The molecule has 0 atom stereocenters. The first-order chi connectivity index (χ1) is 8.59. The Balaban J connectivity index is 2.47. The Morgan fingerprint density at radius 1 is 1.26 bits per heavy atom. The van der Waals surface area contributed by atoms with E-state index < -0.39 is 0 Å². The molecule has 0 aliphatic carbocycles. The van der Waals surface area contributed by atoms with Gasteiger partial charge >= 0.3 is 0 Å². The van der Waals surface area contributed by atoms with Crippen LogP contribution in [-0.4, -0.2) is 28.2 Å². The van der Waals surface area contributed by atoms with Crippen molar-refractivity contribution in [3.8, 4) is 0 Å². The molecular weight excluding hydrogens is 240 g/mol. The van der Waals surface area contributed by atoms with Gasteiger partial charge in [0, 0.05) is 28.8 Å². The number of nitrogens with zero attached hydrogens (tertiary/aromatic N) is 1. The highest BCUT2D eigenvalue weighted by Gasteiger charge is 2.20. The van der Waals surface area contributed by atoms with E-state index >= 15 is 0 Å². The molecule has 0 unspecified atom stereocenters. The summed E-state index contributed by atoms with van der Waals surface area (Å²) in [5.41, 5.74) is 2.05. The SMILES string of the molecule is CC(C)(C)NC(=O)CNCc1cn[nH]c1C(C)(C)C. The molecule has 1 rings (SSSR count). The lowest BCUT2D eigenvalue weighted by molar-refractivity contribution is -0.121. The van der Waals surface area contributed by atoms with Gasteiger partial charge in [0.05, 0.1) is 12.7 Å². The van der Waals surface area contributed by atoms with Crippen LogP contribution in [0.25, 0.3) is 0 Å². The number of carbonyl (C=O) groups is 1. The van der Waals surface area contributed by atoms with Gasteiger partial charge in [-0.15, -0.1) is 0 Å². The van der Waals surface area contributed by atoms with E-state index in [2.05, 4.69) is 41.6 Å². The number of rotatable bonds is 4. The first kappa shape index (κ1) is 15.7. The molecule has 1 aromatic heterocycles. The number of amides is 1. The standard InChI is InChI=1S/C14H26N4O/c1-13(2,3)12-10(8-16-18-12)7-15-9-11(19)17-14(4,5)6/h8,15H,7,9H2,1-6H3,(H,16,18)(H,17,19). The Kier molecular flexibility index (Phi) is 4.74. The van der Waals surface area contributed by atoms with Gasteiger partial charge < -0.3 is 10.6 Å². The van der Waals surface area contributed by atoms with Crippen molar-refractivity contribution in [3.63, 3.8) is 0 Å². The van der Waals surface area contributed by atoms with Crippen LogP contribution >= 0.6 is 0 Å². The quantitative estimate of drug-likeness (QED) is 0.777. The summed E-state index contributed by atoms with van der Waals surface area (Å²) in [6.45, 7) is 13.3. The van der Waals surface area contributed by atoms with Crippen LogP contribution in [0.15, 0.2) is 6.20 Å². The van der Waals surface area contributed by atoms with Crippen LogP contribution in [0.2, 0.25) is 0 Å². The van der Waals surface area contributed by atoms with E-state index in [9.17, 15) is 4.79 Å². The molecule has 0 aromatic carbocycles. The summed E-state index contributed by atoms with van der Waals surface area (Å²) >= 11 is 0. The van der Waals surface area contributed by atoms with E-state index in [1.807, 2.05) is 27.0 Å². The number of hydrogen-bond acceptors (Lipinski definition) is 3. The summed E-state index contributed by atoms with van der Waals surface area (Å²) in [5, 5.41) is 13.2. The zero-order chi connectivity index (χ0) is 14.7. The second-order valence-corrected chi connectivity index (χ2v) is 6.92. The van der Waals surface area contributed by atoms with Crippen molar-refractivity contribution >= 4 is 5.91 Å². The van der Waals surface area contributed by atoms with Crippen molar-refractivity contribution in [2.24, 2.45) is 0 Å². The van der Waals surface area contributed by atoms with Crippen LogP contribution in [0, 0.1) is 0 Å². The molecule has 1 aromatic rings. The molecule has 0 saturated carbocycles. The monoisotopic (exact) mass is 266 g/mol. The highest BCUT2D eigenvalue weighted by atomic mass is 16.2. The zero-order valence-corrected chi connectivity index (χ0v) is 12.8. The Bertz CT molecular complexity index is 423. The molecule has 5 nitrogen and oxygen atoms in total. The van der Waals surface area contributed by atoms with Gasteiger partial charge in [-0.3, -0.25) is 9.89 Å². The second-order valence-electron chi connectivity index (χ2n) is 6.92. The third kappa shape index (κ3) is 5.42. The third-order valence-corrected chi connectivity index (χ3v) is 2.58. The van der Waals surface area contributed by atoms with E-state index in [0.717, 1.165) is 11.3 Å². The second kappa shape index (κ2) is 5.74. The van der Waals surface area contributed by atoms with E-state index in [-0.39, 0.29) is 16.9 Å². The third-order valence-electron chi connectivity index (χ3n) is 2.58. The van der Waals surface area contributed by atoms with Gasteiger partial charge in [-0.05, 0) is 20.8 Å². The summed E-state index contributed by atoms with van der Waals surface area (Å²) in [4.78, 5) is 11.7. The number of H-pyrrole nitrogens is 1. The molecule has 0 spiro atoms. The summed E-state index contributed by atoms with van der Waals surface area (Å²) in [6, 6.07) is 0. The number of carbonyl (C=O) groups excluding carboxylic acids is 1. The van der Waals surface area contributed by atoms with Crippen molar-refractivity contribution < 1.29 is 4.79 Å². The largest absolute Gasteiger partial charge is 0.350 e. The molecule has 0 aliphatic rings. The average Bonchev–Trinajstić information content (AvgIpc) is 2.62. The van der Waals surface area contributed by atoms with Crippen molar-refractivity contribution in [3.05, 3.63) is 17.5 Å². The molecule has 0 aliphatic heterocycles. The van der Waals surface area contributed by atoms with Crippen LogP contribution in [-0.2, 0) is 16.8 Å². The zero-order valence-electron chi connectivity index (χ0n) is 12.8. The van der Waals surface area contributed by atoms with Gasteiger partial charge in [-0.2, -0.15) is 5.10 Å². The van der Waals surface area contributed by atoms with Crippen LogP contribution in [0.5, 0.6) is 0 Å². The van der Waals surface area contributed by atoms with Crippen molar-refractivity contribution in [1.82, 2.24) is 20.8 Å². The molecule has 5 heteroatoms. The molecule has 1 amide bonds. The minimum atomic E-state index is -0.190. The van der Waals surface area contributed by atoms with Crippen LogP contribution in [0.3, 0.4) is 0 Å². The molecule has 108 valence electrons. The van der Waals surface area contributed by atoms with E-state index in [1.54, 1.807) is 0 Å². The number of nitrogens with one attached hydrogen (secondary N) is 3. The van der Waals surface area contributed by atoms with Crippen LogP contribution in [0.4, 0.5) is 0 Å². The summed E-state index contributed by atoms with van der Waals surface area (Å²) in [5.74, 6) is 0.00769. The molecular formula is C14H26N4O. The fraction of sp³-hybridized carbons (Fsp3) is 0.714. The van der Waals surface area contributed by atoms with Crippen LogP contribution in [0.1, 0.15) is 52.8 Å². The average molecular weight is 266 g/mol. The minimum absolute atomic E-state index is 0.00769. The van der Waals surface area contributed by atoms with Crippen molar-refractivity contribution in [2.45, 2.75) is 59.0 Å². The maximum Gasteiger partial charge on any atom is 0.234 e. The molecule has 0 radical (unpaired) electrons. The summed E-state index contributed by atoms with van der Waals surface area (Å²) < 4.78 is 0. The van der Waals surface area contributed by atoms with Gasteiger partial charge in [0.1, 0.15) is 0 Å². The smallest absolute Gasteiger partial charge is 0.234 e. The van der Waals surface area contributed by atoms with Gasteiger partial charge in [0.25, 0.3) is 0 Å². The van der Waals surface area contributed by atoms with Gasteiger partial charge in [0.15, 0.2) is 0 Å². The minimum Gasteiger partial charge on any atom is -0.350 e. The van der Waals surface area contributed by atoms with E-state index in [4.69, 9.17) is 0 Å². The van der Waals surface area contributed by atoms with Crippen LogP contribution < -0.4 is 10.6 Å². The van der Waals surface area contributed by atoms with Gasteiger partial charge in [-0.25, -0.2) is 0 Å². The normalized spacial score (nSPS) is 12.5. The molecule has 19 heavy (non-hydrogen) atoms. The molecule has 1 heterocycles. The highest BCUT2D eigenvalue weighted by Crippen LogP contribution is 2.22. The van der Waals surface area contributed by atoms with E-state index in [0.29, 0.717) is 13.1 Å².